The number of likely N-dealkylation sites (tertiary alicyclic amines) is 1. The Morgan fingerprint density at radius 2 is 2.04 bits per heavy atom. The number of piperidine rings is 1. The molecule has 7 heteroatoms. The van der Waals surface area contributed by atoms with Crippen LogP contribution in [0.25, 0.3) is 0 Å². The molecular formula is C19H23FN4O2. The van der Waals surface area contributed by atoms with Crippen molar-refractivity contribution in [3.05, 3.63) is 48.2 Å². The standard InChI is InChI=1S/C19H23FN4O2/c1-19(2,21)18(25)24-8-6-13(7-9-24)16-11-22-12-17(23-16)26-15-5-3-4-14(20)10-15/h3-5,10-13H,6-9,21H2,1-2H3. The van der Waals surface area contributed by atoms with Crippen LogP contribution in [0.5, 0.6) is 11.6 Å². The van der Waals surface area contributed by atoms with Crippen molar-refractivity contribution in [1.82, 2.24) is 14.9 Å². The fourth-order valence-corrected chi connectivity index (χ4v) is 3.05. The molecular weight excluding hydrogens is 335 g/mol. The highest BCUT2D eigenvalue weighted by atomic mass is 19.1. The molecule has 138 valence electrons. The predicted molar refractivity (Wildman–Crippen MR) is 95.3 cm³/mol. The van der Waals surface area contributed by atoms with E-state index in [9.17, 15) is 9.18 Å². The first kappa shape index (κ1) is 18.3. The van der Waals surface area contributed by atoms with E-state index in [4.69, 9.17) is 10.5 Å². The second-order valence-corrected chi connectivity index (χ2v) is 7.13. The van der Waals surface area contributed by atoms with Gasteiger partial charge in [-0.05, 0) is 38.8 Å². The van der Waals surface area contributed by atoms with Gasteiger partial charge in [0.1, 0.15) is 11.6 Å². The second-order valence-electron chi connectivity index (χ2n) is 7.13. The normalized spacial score (nSPS) is 15.8. The van der Waals surface area contributed by atoms with Gasteiger partial charge >= 0.3 is 0 Å². The van der Waals surface area contributed by atoms with Crippen molar-refractivity contribution < 1.29 is 13.9 Å². The molecule has 1 aromatic carbocycles. The van der Waals surface area contributed by atoms with Gasteiger partial charge in [-0.25, -0.2) is 9.37 Å². The monoisotopic (exact) mass is 358 g/mol. The lowest BCUT2D eigenvalue weighted by molar-refractivity contribution is -0.136. The van der Waals surface area contributed by atoms with Gasteiger partial charge in [0.15, 0.2) is 0 Å². The Bertz CT molecular complexity index is 783. The smallest absolute Gasteiger partial charge is 0.242 e. The van der Waals surface area contributed by atoms with Crippen LogP contribution < -0.4 is 10.5 Å². The third kappa shape index (κ3) is 4.35. The fraction of sp³-hybridized carbons (Fsp3) is 0.421. The van der Waals surface area contributed by atoms with E-state index in [1.165, 1.54) is 18.3 Å². The molecule has 2 N–H and O–H groups in total. The molecule has 1 amide bonds. The number of amides is 1. The van der Waals surface area contributed by atoms with Crippen LogP contribution >= 0.6 is 0 Å². The van der Waals surface area contributed by atoms with Crippen molar-refractivity contribution in [1.29, 1.82) is 0 Å². The van der Waals surface area contributed by atoms with E-state index in [-0.39, 0.29) is 17.6 Å². The summed E-state index contributed by atoms with van der Waals surface area (Å²) >= 11 is 0. The Kier molecular flexibility index (Phi) is 5.18. The molecule has 1 aliphatic rings. The molecule has 0 aliphatic carbocycles. The van der Waals surface area contributed by atoms with Gasteiger partial charge in [0.25, 0.3) is 0 Å². The average Bonchev–Trinajstić information content (AvgIpc) is 2.61. The molecule has 0 unspecified atom stereocenters. The molecule has 1 aliphatic heterocycles. The van der Waals surface area contributed by atoms with E-state index in [1.807, 2.05) is 0 Å². The highest BCUT2D eigenvalue weighted by molar-refractivity contribution is 5.85. The van der Waals surface area contributed by atoms with E-state index in [0.29, 0.717) is 24.7 Å². The number of aromatic nitrogens is 2. The summed E-state index contributed by atoms with van der Waals surface area (Å²) in [5.41, 5.74) is 5.86. The number of ether oxygens (including phenoxy) is 1. The molecule has 2 heterocycles. The number of nitrogens with two attached hydrogens (primary N) is 1. The zero-order chi connectivity index (χ0) is 18.7. The molecule has 2 aromatic rings. The Morgan fingerprint density at radius 3 is 2.69 bits per heavy atom. The van der Waals surface area contributed by atoms with Crippen molar-refractivity contribution in [2.75, 3.05) is 13.1 Å². The summed E-state index contributed by atoms with van der Waals surface area (Å²) in [6, 6.07) is 5.89. The topological polar surface area (TPSA) is 81.3 Å². The number of nitrogens with zero attached hydrogens (tertiary/aromatic N) is 3. The summed E-state index contributed by atoms with van der Waals surface area (Å²) in [5.74, 6) is 0.497. The van der Waals surface area contributed by atoms with E-state index in [1.54, 1.807) is 37.1 Å². The maximum absolute atomic E-state index is 13.3. The van der Waals surface area contributed by atoms with Gasteiger partial charge in [-0.15, -0.1) is 0 Å². The highest BCUT2D eigenvalue weighted by Crippen LogP contribution is 2.29. The molecule has 1 saturated heterocycles. The number of halogens is 1. The van der Waals surface area contributed by atoms with Crippen LogP contribution in [-0.4, -0.2) is 39.4 Å². The summed E-state index contributed by atoms with van der Waals surface area (Å²) in [4.78, 5) is 22.8. The molecule has 0 spiro atoms. The second kappa shape index (κ2) is 7.37. The summed E-state index contributed by atoms with van der Waals surface area (Å²) in [6.07, 6.45) is 4.80. The Morgan fingerprint density at radius 1 is 1.31 bits per heavy atom. The van der Waals surface area contributed by atoms with Gasteiger partial charge in [-0.1, -0.05) is 6.07 Å². The Labute approximate surface area is 152 Å². The van der Waals surface area contributed by atoms with Crippen LogP contribution in [0.4, 0.5) is 4.39 Å². The molecule has 6 nitrogen and oxygen atoms in total. The van der Waals surface area contributed by atoms with Crippen molar-refractivity contribution in [2.45, 2.75) is 38.1 Å². The average molecular weight is 358 g/mol. The zero-order valence-corrected chi connectivity index (χ0v) is 15.0. The van der Waals surface area contributed by atoms with Crippen LogP contribution in [0.2, 0.25) is 0 Å². The maximum atomic E-state index is 13.3. The first-order valence-corrected chi connectivity index (χ1v) is 8.66. The minimum absolute atomic E-state index is 0.0368. The van der Waals surface area contributed by atoms with Crippen molar-refractivity contribution in [2.24, 2.45) is 5.73 Å². The Balaban J connectivity index is 1.65. The van der Waals surface area contributed by atoms with Crippen molar-refractivity contribution >= 4 is 5.91 Å². The van der Waals surface area contributed by atoms with E-state index in [2.05, 4.69) is 9.97 Å². The van der Waals surface area contributed by atoms with Crippen molar-refractivity contribution in [3.8, 4) is 11.6 Å². The third-order valence-corrected chi connectivity index (χ3v) is 4.40. The van der Waals surface area contributed by atoms with Crippen LogP contribution in [0.1, 0.15) is 38.3 Å². The number of benzene rings is 1. The van der Waals surface area contributed by atoms with E-state index >= 15 is 0 Å². The maximum Gasteiger partial charge on any atom is 0.242 e. The lowest BCUT2D eigenvalue weighted by Gasteiger charge is -2.35. The summed E-state index contributed by atoms with van der Waals surface area (Å²) < 4.78 is 18.9. The number of rotatable bonds is 4. The van der Waals surface area contributed by atoms with Crippen molar-refractivity contribution in [3.63, 3.8) is 0 Å². The molecule has 0 saturated carbocycles. The van der Waals surface area contributed by atoms with Crippen LogP contribution in [-0.2, 0) is 4.79 Å². The predicted octanol–water partition coefficient (Wildman–Crippen LogP) is 2.85. The van der Waals surface area contributed by atoms with Gasteiger partial charge in [0, 0.05) is 31.3 Å². The number of carbonyl (C=O) groups is 1. The minimum atomic E-state index is -0.856. The SMILES string of the molecule is CC(C)(N)C(=O)N1CCC(c2cncc(Oc3cccc(F)c3)n2)CC1. The fourth-order valence-electron chi connectivity index (χ4n) is 3.05. The number of carbonyl (C=O) groups excluding carboxylic acids is 1. The van der Waals surface area contributed by atoms with E-state index < -0.39 is 5.54 Å². The molecule has 0 radical (unpaired) electrons. The van der Waals surface area contributed by atoms with Crippen LogP contribution in [0, 0.1) is 5.82 Å². The van der Waals surface area contributed by atoms with Crippen LogP contribution in [0.15, 0.2) is 36.7 Å². The minimum Gasteiger partial charge on any atom is -0.437 e. The largest absolute Gasteiger partial charge is 0.437 e. The lowest BCUT2D eigenvalue weighted by atomic mass is 9.92. The molecule has 1 fully saturated rings. The summed E-state index contributed by atoms with van der Waals surface area (Å²) in [5, 5.41) is 0. The quantitative estimate of drug-likeness (QED) is 0.909. The zero-order valence-electron chi connectivity index (χ0n) is 15.0. The van der Waals surface area contributed by atoms with Gasteiger partial charge in [-0.3, -0.25) is 9.78 Å². The van der Waals surface area contributed by atoms with Gasteiger partial charge in [0.05, 0.1) is 17.4 Å². The molecule has 3 rings (SSSR count). The lowest BCUT2D eigenvalue weighted by Crippen LogP contribution is -2.53. The molecule has 26 heavy (non-hydrogen) atoms. The summed E-state index contributed by atoms with van der Waals surface area (Å²) in [7, 11) is 0. The first-order valence-electron chi connectivity index (χ1n) is 8.66. The number of hydrogen-bond donors (Lipinski definition) is 1. The third-order valence-electron chi connectivity index (χ3n) is 4.40. The first-order chi connectivity index (χ1) is 12.3. The van der Waals surface area contributed by atoms with Gasteiger partial charge < -0.3 is 15.4 Å². The molecule has 0 atom stereocenters. The van der Waals surface area contributed by atoms with Crippen LogP contribution in [0.3, 0.4) is 0 Å². The van der Waals surface area contributed by atoms with Gasteiger partial charge in [0.2, 0.25) is 11.8 Å². The molecule has 0 bridgehead atoms. The highest BCUT2D eigenvalue weighted by Gasteiger charge is 2.31. The Hall–Kier alpha value is -2.54. The van der Waals surface area contributed by atoms with E-state index in [0.717, 1.165) is 18.5 Å². The molecule has 1 aromatic heterocycles. The van der Waals surface area contributed by atoms with Gasteiger partial charge in [-0.2, -0.15) is 0 Å². The number of hydrogen-bond acceptors (Lipinski definition) is 5. The summed E-state index contributed by atoms with van der Waals surface area (Å²) in [6.45, 7) is 4.72.